The monoisotopic (exact) mass is 349 g/mol. The minimum Gasteiger partial charge on any atom is -0.258 e. The number of nitrogens with zero attached hydrogens (tertiary/aromatic N) is 1. The second-order valence-electron chi connectivity index (χ2n) is 4.78. The lowest BCUT2D eigenvalue weighted by Crippen LogP contribution is -1.98. The lowest BCUT2D eigenvalue weighted by Gasteiger charge is -2.06. The van der Waals surface area contributed by atoms with Crippen LogP contribution in [-0.4, -0.2) is 4.92 Å². The summed E-state index contributed by atoms with van der Waals surface area (Å²) in [6, 6.07) is 4.98. The van der Waals surface area contributed by atoms with Crippen LogP contribution < -0.4 is 5.30 Å². The van der Waals surface area contributed by atoms with Gasteiger partial charge in [-0.3, -0.25) is 10.1 Å². The fourth-order valence-electron chi connectivity index (χ4n) is 1.87. The third-order valence-electron chi connectivity index (χ3n) is 2.99. The van der Waals surface area contributed by atoms with E-state index in [0.717, 1.165) is 24.6 Å². The summed E-state index contributed by atoms with van der Waals surface area (Å²) in [7, 11) is 0.379. The molecule has 0 bridgehead atoms. The van der Waals surface area contributed by atoms with Gasteiger partial charge in [-0.25, -0.2) is 0 Å². The van der Waals surface area contributed by atoms with Crippen molar-refractivity contribution in [1.29, 1.82) is 0 Å². The molecule has 0 fully saturated rings. The highest BCUT2D eigenvalue weighted by atomic mass is 35.5. The summed E-state index contributed by atoms with van der Waals surface area (Å²) in [4.78, 5) is 10.5. The maximum absolute atomic E-state index is 11.0. The Morgan fingerprint density at radius 1 is 1.35 bits per heavy atom. The van der Waals surface area contributed by atoms with E-state index in [0.29, 0.717) is 8.58 Å². The second kappa shape index (κ2) is 10.9. The molecule has 0 saturated carbocycles. The van der Waals surface area contributed by atoms with Gasteiger partial charge in [-0.1, -0.05) is 62.7 Å². The first-order chi connectivity index (χ1) is 11.1. The highest BCUT2D eigenvalue weighted by molar-refractivity contribution is 7.51. The van der Waals surface area contributed by atoms with Gasteiger partial charge in [-0.05, 0) is 42.9 Å². The highest BCUT2D eigenvalue weighted by Gasteiger charge is 2.13. The molecule has 0 aromatic heterocycles. The molecule has 3 nitrogen and oxygen atoms in total. The SMILES string of the molecule is C=CC/C(=C\C/C=C\C/C=C\C)Pc1ccc(Cl)c([N+](=O)[O-])c1. The molecule has 1 rings (SSSR count). The first-order valence-corrected chi connectivity index (χ1v) is 8.73. The van der Waals surface area contributed by atoms with Gasteiger partial charge in [-0.15, -0.1) is 6.58 Å². The Hall–Kier alpha value is -1.70. The van der Waals surface area contributed by atoms with E-state index >= 15 is 0 Å². The average molecular weight is 350 g/mol. The Labute approximate surface area is 144 Å². The van der Waals surface area contributed by atoms with Crippen LogP contribution in [0.5, 0.6) is 0 Å². The summed E-state index contributed by atoms with van der Waals surface area (Å²) < 4.78 is 0. The summed E-state index contributed by atoms with van der Waals surface area (Å²) in [6.07, 6.45) is 14.9. The number of hydrogen-bond acceptors (Lipinski definition) is 2. The van der Waals surface area contributed by atoms with Gasteiger partial charge in [0.2, 0.25) is 0 Å². The van der Waals surface area contributed by atoms with Crippen molar-refractivity contribution in [1.82, 2.24) is 0 Å². The number of rotatable bonds is 9. The van der Waals surface area contributed by atoms with Crippen LogP contribution in [0.3, 0.4) is 0 Å². The maximum atomic E-state index is 11.0. The lowest BCUT2D eigenvalue weighted by atomic mass is 10.2. The number of benzene rings is 1. The Morgan fingerprint density at radius 3 is 2.74 bits per heavy atom. The van der Waals surface area contributed by atoms with Gasteiger partial charge in [0, 0.05) is 6.07 Å². The van der Waals surface area contributed by atoms with Crippen LogP contribution >= 0.6 is 20.2 Å². The van der Waals surface area contributed by atoms with Crippen LogP contribution in [0.1, 0.15) is 26.2 Å². The van der Waals surface area contributed by atoms with Crippen molar-refractivity contribution in [3.8, 4) is 0 Å². The van der Waals surface area contributed by atoms with Crippen LogP contribution in [0.2, 0.25) is 5.02 Å². The van der Waals surface area contributed by atoms with E-state index in [1.807, 2.05) is 25.1 Å². The first-order valence-electron chi connectivity index (χ1n) is 7.35. The molecule has 5 heteroatoms. The highest BCUT2D eigenvalue weighted by Crippen LogP contribution is 2.30. The Balaban J connectivity index is 2.79. The minimum atomic E-state index is -0.447. The molecule has 1 atom stereocenters. The smallest absolute Gasteiger partial charge is 0.258 e. The Kier molecular flexibility index (Phi) is 9.20. The third kappa shape index (κ3) is 7.40. The molecule has 1 aromatic rings. The van der Waals surface area contributed by atoms with Crippen LogP contribution in [0, 0.1) is 10.1 Å². The maximum Gasteiger partial charge on any atom is 0.288 e. The summed E-state index contributed by atoms with van der Waals surface area (Å²) >= 11 is 5.85. The van der Waals surface area contributed by atoms with Gasteiger partial charge in [0.15, 0.2) is 0 Å². The van der Waals surface area contributed by atoms with E-state index in [-0.39, 0.29) is 10.7 Å². The zero-order valence-corrected chi connectivity index (χ0v) is 14.9. The third-order valence-corrected chi connectivity index (χ3v) is 4.64. The molecule has 122 valence electrons. The fourth-order valence-corrected chi connectivity index (χ4v) is 3.27. The number of allylic oxidation sites excluding steroid dienone is 7. The average Bonchev–Trinajstić information content (AvgIpc) is 2.52. The standard InChI is InChI=1S/C18H21ClNO2P/c1-3-5-6-7-8-9-11-15(10-4-2)23-16-12-13-17(19)18(14-16)20(21)22/h3-5,7-8,11-14,23H,2,6,9-10H2,1H3/b5-3-,8-7-,15-11+. The Bertz CT molecular complexity index is 636. The van der Waals surface area contributed by atoms with Crippen LogP contribution in [0.4, 0.5) is 5.69 Å². The topological polar surface area (TPSA) is 43.1 Å². The van der Waals surface area contributed by atoms with Crippen molar-refractivity contribution in [3.63, 3.8) is 0 Å². The van der Waals surface area contributed by atoms with E-state index in [1.54, 1.807) is 12.1 Å². The molecule has 0 heterocycles. The molecule has 0 aliphatic carbocycles. The van der Waals surface area contributed by atoms with Gasteiger partial charge < -0.3 is 0 Å². The van der Waals surface area contributed by atoms with E-state index in [1.165, 1.54) is 5.31 Å². The minimum absolute atomic E-state index is 0.0409. The number of halogens is 1. The zero-order valence-electron chi connectivity index (χ0n) is 13.2. The Morgan fingerprint density at radius 2 is 2.09 bits per heavy atom. The van der Waals surface area contributed by atoms with E-state index < -0.39 is 4.92 Å². The molecule has 0 aliphatic rings. The van der Waals surface area contributed by atoms with Crippen molar-refractivity contribution in [2.45, 2.75) is 26.2 Å². The van der Waals surface area contributed by atoms with Crippen molar-refractivity contribution < 1.29 is 4.92 Å². The molecule has 23 heavy (non-hydrogen) atoms. The molecule has 0 aliphatic heterocycles. The molecule has 1 aromatic carbocycles. The van der Waals surface area contributed by atoms with Crippen molar-refractivity contribution in [2.75, 3.05) is 0 Å². The largest absolute Gasteiger partial charge is 0.288 e. The number of nitro benzene ring substituents is 1. The molecule has 0 N–H and O–H groups in total. The molecule has 0 spiro atoms. The van der Waals surface area contributed by atoms with E-state index in [4.69, 9.17) is 11.6 Å². The lowest BCUT2D eigenvalue weighted by molar-refractivity contribution is -0.384. The van der Waals surface area contributed by atoms with E-state index in [9.17, 15) is 10.1 Å². The zero-order chi connectivity index (χ0) is 17.1. The van der Waals surface area contributed by atoms with Crippen molar-refractivity contribution >= 4 is 31.2 Å². The van der Waals surface area contributed by atoms with E-state index in [2.05, 4.69) is 30.9 Å². The van der Waals surface area contributed by atoms with Gasteiger partial charge in [0.1, 0.15) is 5.02 Å². The molecule has 1 unspecified atom stereocenters. The molecule has 0 saturated heterocycles. The molecule has 0 amide bonds. The molecule has 0 radical (unpaired) electrons. The normalized spacial score (nSPS) is 12.7. The summed E-state index contributed by atoms with van der Waals surface area (Å²) in [5.74, 6) is 0. The van der Waals surface area contributed by atoms with Crippen LogP contribution in [0.15, 0.2) is 66.5 Å². The molecular weight excluding hydrogens is 329 g/mol. The molecular formula is C18H21ClNO2P. The fraction of sp³-hybridized carbons (Fsp3) is 0.222. The number of hydrogen-bond donors (Lipinski definition) is 0. The van der Waals surface area contributed by atoms with Gasteiger partial charge in [0.05, 0.1) is 4.92 Å². The quantitative estimate of drug-likeness (QED) is 0.240. The van der Waals surface area contributed by atoms with Crippen LogP contribution in [-0.2, 0) is 0 Å². The van der Waals surface area contributed by atoms with Gasteiger partial charge >= 0.3 is 0 Å². The van der Waals surface area contributed by atoms with Gasteiger partial charge in [0.25, 0.3) is 5.69 Å². The predicted molar refractivity (Wildman–Crippen MR) is 102 cm³/mol. The first kappa shape index (κ1) is 19.3. The predicted octanol–water partition coefficient (Wildman–Crippen LogP) is 5.92. The second-order valence-corrected chi connectivity index (χ2v) is 6.66. The summed E-state index contributed by atoms with van der Waals surface area (Å²) in [5.41, 5.74) is -0.0409. The van der Waals surface area contributed by atoms with Gasteiger partial charge in [-0.2, -0.15) is 0 Å². The summed E-state index contributed by atoms with van der Waals surface area (Å²) in [6.45, 7) is 5.78. The number of nitro groups is 1. The summed E-state index contributed by atoms with van der Waals surface area (Å²) in [5, 5.41) is 13.3. The van der Waals surface area contributed by atoms with Crippen molar-refractivity contribution in [2.24, 2.45) is 0 Å². The van der Waals surface area contributed by atoms with Crippen molar-refractivity contribution in [3.05, 3.63) is 81.7 Å². The van der Waals surface area contributed by atoms with Crippen LogP contribution in [0.25, 0.3) is 0 Å².